The number of fused-ring (bicyclic) bond motifs is 1. The Hall–Kier alpha value is -2.57. The molecule has 1 aliphatic heterocycles. The van der Waals surface area contributed by atoms with E-state index < -0.39 is 10.0 Å². The zero-order valence-electron chi connectivity index (χ0n) is 17.4. The third-order valence-electron chi connectivity index (χ3n) is 5.68. The molecular weight excluding hydrogens is 394 g/mol. The molecule has 1 aromatic heterocycles. The topological polar surface area (TPSA) is 65.2 Å². The van der Waals surface area contributed by atoms with Crippen LogP contribution in [0.4, 0.5) is 5.69 Å². The molecular formula is C24H29N3O2S. The average molecular weight is 424 g/mol. The molecule has 0 spiro atoms. The van der Waals surface area contributed by atoms with Crippen molar-refractivity contribution in [3.63, 3.8) is 0 Å². The maximum atomic E-state index is 11.5. The van der Waals surface area contributed by atoms with Crippen molar-refractivity contribution in [2.45, 2.75) is 25.7 Å². The molecule has 0 unspecified atom stereocenters. The molecule has 4 rings (SSSR count). The summed E-state index contributed by atoms with van der Waals surface area (Å²) >= 11 is 0. The van der Waals surface area contributed by atoms with Gasteiger partial charge in [-0.25, -0.2) is 8.42 Å². The van der Waals surface area contributed by atoms with Crippen LogP contribution in [0.1, 0.15) is 30.4 Å². The van der Waals surface area contributed by atoms with E-state index in [-0.39, 0.29) is 0 Å². The van der Waals surface area contributed by atoms with E-state index >= 15 is 0 Å². The van der Waals surface area contributed by atoms with Crippen LogP contribution in [0.5, 0.6) is 0 Å². The molecule has 2 heterocycles. The van der Waals surface area contributed by atoms with Gasteiger partial charge in [0, 0.05) is 35.9 Å². The number of hydrogen-bond acceptors (Lipinski definition) is 3. The number of unbranched alkanes of at least 4 members (excludes halogenated alkanes) is 1. The van der Waals surface area contributed by atoms with Crippen molar-refractivity contribution in [3.8, 4) is 0 Å². The van der Waals surface area contributed by atoms with Crippen molar-refractivity contribution >= 4 is 32.2 Å². The molecule has 0 fully saturated rings. The summed E-state index contributed by atoms with van der Waals surface area (Å²) in [6.07, 6.45) is 9.96. The van der Waals surface area contributed by atoms with E-state index in [1.807, 2.05) is 18.3 Å². The molecule has 3 aromatic rings. The molecule has 0 amide bonds. The van der Waals surface area contributed by atoms with Crippen LogP contribution in [0.3, 0.4) is 0 Å². The van der Waals surface area contributed by atoms with Crippen molar-refractivity contribution in [3.05, 3.63) is 71.9 Å². The van der Waals surface area contributed by atoms with Gasteiger partial charge in [0.05, 0.1) is 6.26 Å². The minimum atomic E-state index is -3.27. The quantitative estimate of drug-likeness (QED) is 0.518. The van der Waals surface area contributed by atoms with Gasteiger partial charge in [0.25, 0.3) is 0 Å². The first-order valence-corrected chi connectivity index (χ1v) is 12.4. The van der Waals surface area contributed by atoms with E-state index in [9.17, 15) is 8.42 Å². The molecule has 0 radical (unpaired) electrons. The van der Waals surface area contributed by atoms with Crippen LogP contribution < -0.4 is 4.72 Å². The third kappa shape index (κ3) is 5.32. The van der Waals surface area contributed by atoms with Crippen LogP contribution in [-0.4, -0.2) is 44.2 Å². The predicted octanol–water partition coefficient (Wildman–Crippen LogP) is 4.65. The number of nitrogens with zero attached hydrogens (tertiary/aromatic N) is 1. The first-order valence-electron chi connectivity index (χ1n) is 10.5. The summed E-state index contributed by atoms with van der Waals surface area (Å²) in [5.74, 6) is 0. The highest BCUT2D eigenvalue weighted by atomic mass is 32.2. The number of sulfonamides is 1. The van der Waals surface area contributed by atoms with Crippen LogP contribution in [-0.2, 0) is 16.4 Å². The zero-order chi connectivity index (χ0) is 21.0. The Balaban J connectivity index is 1.28. The number of benzene rings is 2. The average Bonchev–Trinajstić information content (AvgIpc) is 3.13. The van der Waals surface area contributed by atoms with Gasteiger partial charge in [-0.2, -0.15) is 0 Å². The van der Waals surface area contributed by atoms with E-state index in [1.165, 1.54) is 23.0 Å². The summed E-state index contributed by atoms with van der Waals surface area (Å²) in [5.41, 5.74) is 5.70. The Kier molecular flexibility index (Phi) is 6.25. The number of nitrogens with one attached hydrogen (secondary N) is 2. The smallest absolute Gasteiger partial charge is 0.229 e. The van der Waals surface area contributed by atoms with Crippen molar-refractivity contribution in [2.75, 3.05) is 30.6 Å². The third-order valence-corrected chi connectivity index (χ3v) is 6.29. The van der Waals surface area contributed by atoms with E-state index in [2.05, 4.69) is 51.0 Å². The summed E-state index contributed by atoms with van der Waals surface area (Å²) in [4.78, 5) is 5.82. The second kappa shape index (κ2) is 9.06. The minimum Gasteiger partial charge on any atom is -0.361 e. The van der Waals surface area contributed by atoms with Gasteiger partial charge in [-0.05, 0) is 67.1 Å². The molecule has 2 aromatic carbocycles. The number of aryl methyl sites for hydroxylation is 1. The van der Waals surface area contributed by atoms with Gasteiger partial charge in [-0.1, -0.05) is 36.4 Å². The number of rotatable bonds is 8. The van der Waals surface area contributed by atoms with Crippen LogP contribution in [0.2, 0.25) is 0 Å². The molecule has 0 saturated carbocycles. The summed E-state index contributed by atoms with van der Waals surface area (Å²) in [5, 5.41) is 1.09. The van der Waals surface area contributed by atoms with Crippen molar-refractivity contribution in [2.24, 2.45) is 0 Å². The monoisotopic (exact) mass is 423 g/mol. The summed E-state index contributed by atoms with van der Waals surface area (Å²) in [7, 11) is -3.27. The molecule has 2 N–H and O–H groups in total. The summed E-state index contributed by atoms with van der Waals surface area (Å²) in [6, 6.07) is 16.3. The highest BCUT2D eigenvalue weighted by molar-refractivity contribution is 7.92. The number of aromatic nitrogens is 1. The molecule has 30 heavy (non-hydrogen) atoms. The Morgan fingerprint density at radius 3 is 2.67 bits per heavy atom. The lowest BCUT2D eigenvalue weighted by molar-refractivity contribution is 0.295. The molecule has 158 valence electrons. The number of aromatic amines is 1. The van der Waals surface area contributed by atoms with E-state index in [0.29, 0.717) is 5.69 Å². The second-order valence-electron chi connectivity index (χ2n) is 8.05. The van der Waals surface area contributed by atoms with Gasteiger partial charge in [0.15, 0.2) is 0 Å². The lowest BCUT2D eigenvalue weighted by atomic mass is 9.99. The molecule has 0 saturated heterocycles. The maximum Gasteiger partial charge on any atom is 0.229 e. The number of H-pyrrole nitrogens is 1. The largest absolute Gasteiger partial charge is 0.361 e. The fourth-order valence-corrected chi connectivity index (χ4v) is 4.70. The van der Waals surface area contributed by atoms with Crippen molar-refractivity contribution < 1.29 is 8.42 Å². The van der Waals surface area contributed by atoms with Gasteiger partial charge in [0.1, 0.15) is 0 Å². The van der Waals surface area contributed by atoms with Crippen LogP contribution in [0, 0.1) is 0 Å². The lowest BCUT2D eigenvalue weighted by Crippen LogP contribution is -2.29. The Morgan fingerprint density at radius 1 is 1.10 bits per heavy atom. The minimum absolute atomic E-state index is 0.611. The van der Waals surface area contributed by atoms with Crippen molar-refractivity contribution in [1.29, 1.82) is 0 Å². The van der Waals surface area contributed by atoms with Gasteiger partial charge in [0.2, 0.25) is 10.0 Å². The van der Waals surface area contributed by atoms with Gasteiger partial charge in [-0.3, -0.25) is 9.62 Å². The lowest BCUT2D eigenvalue weighted by Gasteiger charge is -2.26. The first kappa shape index (κ1) is 20.7. The molecule has 1 aliphatic rings. The normalized spacial score (nSPS) is 15.3. The molecule has 5 nitrogen and oxygen atoms in total. The van der Waals surface area contributed by atoms with Crippen LogP contribution in [0.25, 0.3) is 16.5 Å². The highest BCUT2D eigenvalue weighted by Gasteiger charge is 2.13. The first-order chi connectivity index (χ1) is 14.5. The van der Waals surface area contributed by atoms with E-state index in [1.54, 1.807) is 6.07 Å². The van der Waals surface area contributed by atoms with E-state index in [0.717, 1.165) is 56.2 Å². The SMILES string of the molecule is CS(=O)(=O)Nc1ccc2[nH]cc(CCCCN3CC=C(c4ccccc4)CC3)c2c1. The molecule has 6 heteroatoms. The Bertz CT molecular complexity index is 1130. The van der Waals surface area contributed by atoms with Gasteiger partial charge >= 0.3 is 0 Å². The molecule has 0 aliphatic carbocycles. The number of anilines is 1. The summed E-state index contributed by atoms with van der Waals surface area (Å²) < 4.78 is 25.6. The van der Waals surface area contributed by atoms with Crippen LogP contribution in [0.15, 0.2) is 60.8 Å². The standard InChI is InChI=1S/C24H29N3O2S/c1-30(28,29)26-22-10-11-24-23(17-22)21(18-25-24)9-5-6-14-27-15-12-20(13-16-27)19-7-3-2-4-8-19/h2-4,7-8,10-12,17-18,25-26H,5-6,9,13-16H2,1H3. The zero-order valence-corrected chi connectivity index (χ0v) is 18.2. The summed E-state index contributed by atoms with van der Waals surface area (Å²) in [6.45, 7) is 3.26. The highest BCUT2D eigenvalue weighted by Crippen LogP contribution is 2.25. The predicted molar refractivity (Wildman–Crippen MR) is 125 cm³/mol. The number of hydrogen-bond donors (Lipinski definition) is 2. The fourth-order valence-electron chi connectivity index (χ4n) is 4.14. The fraction of sp³-hybridized carbons (Fsp3) is 0.333. The van der Waals surface area contributed by atoms with Gasteiger partial charge in [-0.15, -0.1) is 0 Å². The molecule has 0 bridgehead atoms. The van der Waals surface area contributed by atoms with Gasteiger partial charge < -0.3 is 4.98 Å². The Labute approximate surface area is 178 Å². The second-order valence-corrected chi connectivity index (χ2v) is 9.80. The molecule has 0 atom stereocenters. The maximum absolute atomic E-state index is 11.5. The Morgan fingerprint density at radius 2 is 1.93 bits per heavy atom. The van der Waals surface area contributed by atoms with E-state index in [4.69, 9.17) is 0 Å². The van der Waals surface area contributed by atoms with Crippen LogP contribution >= 0.6 is 0 Å². The van der Waals surface area contributed by atoms with Crippen molar-refractivity contribution in [1.82, 2.24) is 9.88 Å².